The highest BCUT2D eigenvalue weighted by atomic mass is 16.2. The zero-order valence-electron chi connectivity index (χ0n) is 15.7. The Balaban J connectivity index is 1.62. The summed E-state index contributed by atoms with van der Waals surface area (Å²) in [6, 6.07) is 9.86. The van der Waals surface area contributed by atoms with Crippen molar-refractivity contribution >= 4 is 11.8 Å². The Morgan fingerprint density at radius 1 is 1.27 bits per heavy atom. The Labute approximate surface area is 154 Å². The van der Waals surface area contributed by atoms with Crippen molar-refractivity contribution in [2.75, 3.05) is 13.1 Å². The van der Waals surface area contributed by atoms with Gasteiger partial charge in [0.25, 0.3) is 0 Å². The molecule has 6 nitrogen and oxygen atoms in total. The molecule has 1 atom stereocenters. The fourth-order valence-electron chi connectivity index (χ4n) is 3.51. The Morgan fingerprint density at radius 3 is 2.62 bits per heavy atom. The summed E-state index contributed by atoms with van der Waals surface area (Å²) in [5.74, 6) is 0.00987. The molecule has 1 saturated heterocycles. The monoisotopic (exact) mass is 354 g/mol. The minimum Gasteiger partial charge on any atom is -0.353 e. The van der Waals surface area contributed by atoms with Gasteiger partial charge in [0.1, 0.15) is 6.04 Å². The lowest BCUT2D eigenvalue weighted by Gasteiger charge is -2.34. The van der Waals surface area contributed by atoms with Gasteiger partial charge < -0.3 is 10.2 Å². The van der Waals surface area contributed by atoms with Crippen LogP contribution in [0.1, 0.15) is 36.7 Å². The number of carbonyl (C=O) groups is 2. The van der Waals surface area contributed by atoms with Gasteiger partial charge in [0, 0.05) is 25.2 Å². The van der Waals surface area contributed by atoms with E-state index in [-0.39, 0.29) is 17.9 Å². The molecular formula is C20H26N4O2. The number of carbonyl (C=O) groups excluding carboxylic acids is 2. The fourth-order valence-corrected chi connectivity index (χ4v) is 3.51. The van der Waals surface area contributed by atoms with E-state index in [4.69, 9.17) is 0 Å². The van der Waals surface area contributed by atoms with Crippen LogP contribution in [0, 0.1) is 13.8 Å². The lowest BCUT2D eigenvalue weighted by atomic mass is 10.1. The maximum Gasteiger partial charge on any atom is 0.242 e. The molecule has 26 heavy (non-hydrogen) atoms. The van der Waals surface area contributed by atoms with Crippen LogP contribution in [0.15, 0.2) is 30.3 Å². The highest BCUT2D eigenvalue weighted by molar-refractivity contribution is 5.88. The Bertz CT molecular complexity index is 795. The second-order valence-corrected chi connectivity index (χ2v) is 6.81. The Morgan fingerprint density at radius 2 is 2.00 bits per heavy atom. The molecule has 1 N–H and O–H groups in total. The van der Waals surface area contributed by atoms with Crippen LogP contribution in [0.2, 0.25) is 0 Å². The van der Waals surface area contributed by atoms with Crippen LogP contribution in [-0.2, 0) is 16.0 Å². The van der Waals surface area contributed by atoms with Crippen molar-refractivity contribution in [2.24, 2.45) is 0 Å². The predicted octanol–water partition coefficient (Wildman–Crippen LogP) is 2.16. The maximum atomic E-state index is 12.6. The van der Waals surface area contributed by atoms with E-state index in [1.807, 2.05) is 55.8 Å². The predicted molar refractivity (Wildman–Crippen MR) is 100 cm³/mol. The standard InChI is InChI=1S/C20H26N4O2/c1-4-18-20(26)21-11-12-23(18)19(25)10-7-16-5-8-17(9-6-16)24-15(3)13-14(2)22-24/h5-6,8-9,13,18H,4,7,10-12H2,1-3H3,(H,21,26)/t18-/m1/s1. The molecular weight excluding hydrogens is 328 g/mol. The Hall–Kier alpha value is -2.63. The third-order valence-electron chi connectivity index (χ3n) is 4.86. The third kappa shape index (κ3) is 3.79. The number of aryl methyl sites for hydroxylation is 3. The molecule has 1 aliphatic heterocycles. The molecule has 0 radical (unpaired) electrons. The number of piperazine rings is 1. The molecule has 2 amide bonds. The van der Waals surface area contributed by atoms with E-state index in [0.717, 1.165) is 22.6 Å². The van der Waals surface area contributed by atoms with Gasteiger partial charge in [-0.25, -0.2) is 4.68 Å². The van der Waals surface area contributed by atoms with E-state index in [1.54, 1.807) is 4.90 Å². The van der Waals surface area contributed by atoms with Crippen molar-refractivity contribution in [1.82, 2.24) is 20.0 Å². The molecule has 0 spiro atoms. The van der Waals surface area contributed by atoms with Crippen LogP contribution < -0.4 is 5.32 Å². The van der Waals surface area contributed by atoms with Gasteiger partial charge in [0.2, 0.25) is 11.8 Å². The molecule has 2 heterocycles. The topological polar surface area (TPSA) is 67.2 Å². The first-order chi connectivity index (χ1) is 12.5. The van der Waals surface area contributed by atoms with Crippen molar-refractivity contribution in [2.45, 2.75) is 46.1 Å². The van der Waals surface area contributed by atoms with E-state index in [9.17, 15) is 9.59 Å². The smallest absolute Gasteiger partial charge is 0.242 e. The first-order valence-corrected chi connectivity index (χ1v) is 9.19. The average molecular weight is 354 g/mol. The fraction of sp³-hybridized carbons (Fsp3) is 0.450. The molecule has 0 unspecified atom stereocenters. The first-order valence-electron chi connectivity index (χ1n) is 9.19. The molecule has 6 heteroatoms. The van der Waals surface area contributed by atoms with Gasteiger partial charge in [-0.3, -0.25) is 9.59 Å². The lowest BCUT2D eigenvalue weighted by molar-refractivity contribution is -0.143. The highest BCUT2D eigenvalue weighted by Gasteiger charge is 2.30. The van der Waals surface area contributed by atoms with Crippen molar-refractivity contribution in [3.8, 4) is 5.69 Å². The van der Waals surface area contributed by atoms with E-state index in [2.05, 4.69) is 10.4 Å². The first kappa shape index (κ1) is 18.2. The van der Waals surface area contributed by atoms with E-state index >= 15 is 0 Å². The summed E-state index contributed by atoms with van der Waals surface area (Å²) in [4.78, 5) is 26.2. The molecule has 0 saturated carbocycles. The molecule has 138 valence electrons. The second kappa shape index (κ2) is 7.72. The van der Waals surface area contributed by atoms with Crippen molar-refractivity contribution in [1.29, 1.82) is 0 Å². The summed E-state index contributed by atoms with van der Waals surface area (Å²) < 4.78 is 1.92. The van der Waals surface area contributed by atoms with Crippen LogP contribution in [0.4, 0.5) is 0 Å². The van der Waals surface area contributed by atoms with Gasteiger partial charge in [-0.1, -0.05) is 19.1 Å². The van der Waals surface area contributed by atoms with Crippen LogP contribution in [0.25, 0.3) is 5.69 Å². The number of amides is 2. The van der Waals surface area contributed by atoms with Crippen LogP contribution >= 0.6 is 0 Å². The van der Waals surface area contributed by atoms with Crippen LogP contribution in [-0.4, -0.2) is 45.6 Å². The van der Waals surface area contributed by atoms with Gasteiger partial charge in [0.15, 0.2) is 0 Å². The minimum absolute atomic E-state index is 0.0404. The maximum absolute atomic E-state index is 12.6. The highest BCUT2D eigenvalue weighted by Crippen LogP contribution is 2.16. The number of nitrogens with one attached hydrogen (secondary N) is 1. The molecule has 1 aliphatic rings. The largest absolute Gasteiger partial charge is 0.353 e. The number of aromatic nitrogens is 2. The van der Waals surface area contributed by atoms with Crippen molar-refractivity contribution in [3.63, 3.8) is 0 Å². The number of hydrogen-bond acceptors (Lipinski definition) is 3. The van der Waals surface area contributed by atoms with Crippen LogP contribution in [0.3, 0.4) is 0 Å². The quantitative estimate of drug-likeness (QED) is 0.895. The Kier molecular flexibility index (Phi) is 5.40. The second-order valence-electron chi connectivity index (χ2n) is 6.81. The zero-order chi connectivity index (χ0) is 18.7. The van der Waals surface area contributed by atoms with Gasteiger partial charge in [-0.15, -0.1) is 0 Å². The van der Waals surface area contributed by atoms with Crippen molar-refractivity contribution in [3.05, 3.63) is 47.3 Å². The molecule has 1 aromatic heterocycles. The molecule has 0 aliphatic carbocycles. The van der Waals surface area contributed by atoms with E-state index in [1.165, 1.54) is 0 Å². The summed E-state index contributed by atoms with van der Waals surface area (Å²) in [7, 11) is 0. The van der Waals surface area contributed by atoms with Gasteiger partial charge in [0.05, 0.1) is 11.4 Å². The van der Waals surface area contributed by atoms with Gasteiger partial charge in [-0.05, 0) is 50.5 Å². The lowest BCUT2D eigenvalue weighted by Crippen LogP contribution is -2.56. The SMILES string of the molecule is CC[C@@H]1C(=O)NCCN1C(=O)CCc1ccc(-n2nc(C)cc2C)cc1. The molecule has 0 bridgehead atoms. The van der Waals surface area contributed by atoms with Gasteiger partial charge >= 0.3 is 0 Å². The molecule has 1 aromatic carbocycles. The number of rotatable bonds is 5. The number of hydrogen-bond donors (Lipinski definition) is 1. The molecule has 2 aromatic rings. The summed E-state index contributed by atoms with van der Waals surface area (Å²) in [6.45, 7) is 7.09. The number of nitrogens with zero attached hydrogens (tertiary/aromatic N) is 3. The van der Waals surface area contributed by atoms with Gasteiger partial charge in [-0.2, -0.15) is 5.10 Å². The number of benzene rings is 1. The normalized spacial score (nSPS) is 17.3. The summed E-state index contributed by atoms with van der Waals surface area (Å²) in [5.41, 5.74) is 4.22. The summed E-state index contributed by atoms with van der Waals surface area (Å²) in [5, 5.41) is 7.32. The molecule has 1 fully saturated rings. The summed E-state index contributed by atoms with van der Waals surface area (Å²) >= 11 is 0. The zero-order valence-corrected chi connectivity index (χ0v) is 15.7. The average Bonchev–Trinajstić information content (AvgIpc) is 2.98. The minimum atomic E-state index is -0.329. The van der Waals surface area contributed by atoms with E-state index < -0.39 is 0 Å². The van der Waals surface area contributed by atoms with Crippen molar-refractivity contribution < 1.29 is 9.59 Å². The van der Waals surface area contributed by atoms with Crippen LogP contribution in [0.5, 0.6) is 0 Å². The summed E-state index contributed by atoms with van der Waals surface area (Å²) in [6.07, 6.45) is 1.74. The van der Waals surface area contributed by atoms with E-state index in [0.29, 0.717) is 32.4 Å². The molecule has 3 rings (SSSR count). The third-order valence-corrected chi connectivity index (χ3v) is 4.86.